The Morgan fingerprint density at radius 2 is 1.65 bits per heavy atom. The lowest BCUT2D eigenvalue weighted by molar-refractivity contribution is -0.870. The fraction of sp³-hybridized carbons (Fsp3) is 0.643. The molecule has 0 atom stereocenters. The number of likely N-dealkylation sites (N-methyl/N-ethyl adjacent to an activating group) is 1. The van der Waals surface area contributed by atoms with Gasteiger partial charge < -0.3 is 36.2 Å². The first kappa shape index (κ1) is 23.6. The lowest BCUT2D eigenvalue weighted by atomic mass is 10.3. The van der Waals surface area contributed by atoms with E-state index in [0.29, 0.717) is 6.61 Å². The van der Waals surface area contributed by atoms with Crippen molar-refractivity contribution >= 4 is 17.9 Å². The van der Waals surface area contributed by atoms with Crippen LogP contribution in [0.4, 0.5) is 0 Å². The van der Waals surface area contributed by atoms with Gasteiger partial charge in [-0.2, -0.15) is 0 Å². The van der Waals surface area contributed by atoms with Gasteiger partial charge in [0.05, 0.1) is 52.9 Å². The van der Waals surface area contributed by atoms with E-state index in [4.69, 9.17) is 9.84 Å². The highest BCUT2D eigenvalue weighted by Gasteiger charge is 2.12. The molecule has 0 heterocycles. The van der Waals surface area contributed by atoms with E-state index in [2.05, 4.69) is 9.47 Å². The van der Waals surface area contributed by atoms with Gasteiger partial charge in [0.2, 0.25) is 0 Å². The molecule has 0 saturated carbocycles. The number of aliphatic hydroxyl groups excluding tert-OH is 1. The van der Waals surface area contributed by atoms with Gasteiger partial charge in [-0.05, 0) is 0 Å². The number of halogens is 1. The second-order valence-corrected chi connectivity index (χ2v) is 5.42. The molecule has 8 nitrogen and oxygen atoms in total. The van der Waals surface area contributed by atoms with Crippen LogP contribution in [0.15, 0.2) is 12.3 Å². The number of quaternary nitrogens is 1. The van der Waals surface area contributed by atoms with Crippen LogP contribution in [0.25, 0.3) is 0 Å². The Bertz CT molecular complexity index is 404. The maximum absolute atomic E-state index is 11.3. The van der Waals surface area contributed by atoms with E-state index >= 15 is 0 Å². The summed E-state index contributed by atoms with van der Waals surface area (Å²) in [6.45, 7) is 0.778. The molecule has 0 saturated heterocycles. The summed E-state index contributed by atoms with van der Waals surface area (Å²) in [5.74, 6) is -2.33. The van der Waals surface area contributed by atoms with Gasteiger partial charge in [-0.15, -0.1) is 0 Å². The van der Waals surface area contributed by atoms with Gasteiger partial charge in [-0.1, -0.05) is 0 Å². The molecule has 0 aliphatic heterocycles. The predicted octanol–water partition coefficient (Wildman–Crippen LogP) is -3.39. The number of nitrogens with zero attached hydrogens (tertiary/aromatic N) is 1. The average Bonchev–Trinajstić information content (AvgIpc) is 2.41. The summed E-state index contributed by atoms with van der Waals surface area (Å²) in [4.78, 5) is 33.6. The van der Waals surface area contributed by atoms with Crippen molar-refractivity contribution in [2.75, 3.05) is 47.5 Å². The molecule has 0 aromatic rings. The van der Waals surface area contributed by atoms with E-state index in [1.807, 2.05) is 21.1 Å². The third-order valence-corrected chi connectivity index (χ3v) is 2.28. The van der Waals surface area contributed by atoms with Crippen molar-refractivity contribution in [2.45, 2.75) is 12.8 Å². The molecule has 0 aliphatic carbocycles. The van der Waals surface area contributed by atoms with E-state index in [1.54, 1.807) is 0 Å². The Labute approximate surface area is 142 Å². The van der Waals surface area contributed by atoms with Crippen LogP contribution in [0.1, 0.15) is 12.8 Å². The first-order valence-electron chi connectivity index (χ1n) is 6.84. The van der Waals surface area contributed by atoms with Crippen LogP contribution >= 0.6 is 0 Å². The zero-order chi connectivity index (χ0) is 17.0. The fourth-order valence-corrected chi connectivity index (χ4v) is 1.13. The second kappa shape index (κ2) is 12.9. The Kier molecular flexibility index (Phi) is 13.2. The monoisotopic (exact) mass is 353 g/mol. The average molecular weight is 354 g/mol. The highest BCUT2D eigenvalue weighted by atomic mass is 35.5. The number of carbonyl (C=O) groups excluding carboxylic acids is 3. The highest BCUT2D eigenvalue weighted by molar-refractivity contribution is 5.92. The van der Waals surface area contributed by atoms with Crippen molar-refractivity contribution in [3.63, 3.8) is 0 Å². The van der Waals surface area contributed by atoms with Gasteiger partial charge >= 0.3 is 17.9 Å². The lowest BCUT2D eigenvalue weighted by Crippen LogP contribution is -3.00. The smallest absolute Gasteiger partial charge is 0.341 e. The van der Waals surface area contributed by atoms with Crippen LogP contribution < -0.4 is 12.4 Å². The molecule has 0 aromatic heterocycles. The summed E-state index contributed by atoms with van der Waals surface area (Å²) < 4.78 is 14.8. The van der Waals surface area contributed by atoms with Crippen LogP contribution in [0.3, 0.4) is 0 Å². The van der Waals surface area contributed by atoms with E-state index in [-0.39, 0.29) is 38.5 Å². The molecular formula is C14H24ClNO7. The number of esters is 3. The van der Waals surface area contributed by atoms with Crippen molar-refractivity contribution in [1.29, 1.82) is 0 Å². The number of rotatable bonds is 10. The van der Waals surface area contributed by atoms with Crippen molar-refractivity contribution < 1.29 is 50.6 Å². The van der Waals surface area contributed by atoms with Gasteiger partial charge in [-0.25, -0.2) is 4.79 Å². The highest BCUT2D eigenvalue weighted by Crippen LogP contribution is 1.97. The maximum Gasteiger partial charge on any atom is 0.341 e. The Morgan fingerprint density at radius 1 is 1.04 bits per heavy atom. The number of hydrogen-bond donors (Lipinski definition) is 1. The molecule has 0 bridgehead atoms. The molecule has 9 heteroatoms. The summed E-state index contributed by atoms with van der Waals surface area (Å²) in [6.07, 6.45) is 1.68. The van der Waals surface area contributed by atoms with Gasteiger partial charge in [-0.3, -0.25) is 9.59 Å². The Morgan fingerprint density at radius 3 is 2.22 bits per heavy atom. The number of carbonyl (C=O) groups is 3. The third kappa shape index (κ3) is 16.6. The molecule has 0 radical (unpaired) electrons. The molecule has 0 unspecified atom stereocenters. The number of hydrogen-bond acceptors (Lipinski definition) is 7. The summed E-state index contributed by atoms with van der Waals surface area (Å²) in [5.41, 5.74) is 0. The standard InChI is InChI=1S/C14H24NO7.ClH/c1-15(2,3)7-10-20-9-6-14(19)22-13(18)5-4-12(17)21-11-8-16;/h6,9,16H,4-5,7-8,10-11H2,1-3H3;1H/q+1;/p-1. The van der Waals surface area contributed by atoms with Crippen LogP contribution in [-0.2, 0) is 28.6 Å². The maximum atomic E-state index is 11.3. The first-order chi connectivity index (χ1) is 10.2. The minimum Gasteiger partial charge on any atom is -1.00 e. The van der Waals surface area contributed by atoms with E-state index < -0.39 is 17.9 Å². The molecule has 0 aliphatic rings. The normalized spacial score (nSPS) is 10.8. The largest absolute Gasteiger partial charge is 1.00 e. The van der Waals surface area contributed by atoms with Crippen LogP contribution in [-0.4, -0.2) is 75.0 Å². The van der Waals surface area contributed by atoms with Crippen LogP contribution in [0.2, 0.25) is 0 Å². The van der Waals surface area contributed by atoms with Gasteiger partial charge in [0.15, 0.2) is 0 Å². The molecule has 1 N–H and O–H groups in total. The SMILES string of the molecule is C[N+](C)(C)CCOC=CC(=O)OC(=O)CCC(=O)OCCO.[Cl-]. The van der Waals surface area contributed by atoms with Crippen LogP contribution in [0.5, 0.6) is 0 Å². The minimum atomic E-state index is -0.862. The Hall–Kier alpha value is -1.64. The molecule has 0 rings (SSSR count). The third-order valence-electron chi connectivity index (χ3n) is 2.28. The minimum absolute atomic E-state index is 0. The zero-order valence-electron chi connectivity index (χ0n) is 13.6. The van der Waals surface area contributed by atoms with Gasteiger partial charge in [0, 0.05) is 0 Å². The summed E-state index contributed by atoms with van der Waals surface area (Å²) in [7, 11) is 6.02. The molecular weight excluding hydrogens is 330 g/mol. The van der Waals surface area contributed by atoms with Crippen molar-refractivity contribution in [1.82, 2.24) is 0 Å². The summed E-state index contributed by atoms with van der Waals surface area (Å²) in [6, 6.07) is 0. The zero-order valence-corrected chi connectivity index (χ0v) is 14.4. The topological polar surface area (TPSA) is 99.1 Å². The van der Waals surface area contributed by atoms with E-state index in [0.717, 1.165) is 17.1 Å². The molecule has 0 aromatic carbocycles. The van der Waals surface area contributed by atoms with Gasteiger partial charge in [0.1, 0.15) is 19.8 Å². The molecule has 134 valence electrons. The Balaban J connectivity index is 0. The second-order valence-electron chi connectivity index (χ2n) is 5.42. The molecule has 0 amide bonds. The van der Waals surface area contributed by atoms with Crippen LogP contribution in [0, 0.1) is 0 Å². The summed E-state index contributed by atoms with van der Waals surface area (Å²) >= 11 is 0. The van der Waals surface area contributed by atoms with E-state index in [1.165, 1.54) is 6.26 Å². The van der Waals surface area contributed by atoms with Gasteiger partial charge in [0.25, 0.3) is 0 Å². The predicted molar refractivity (Wildman–Crippen MR) is 76.4 cm³/mol. The number of aliphatic hydroxyl groups is 1. The van der Waals surface area contributed by atoms with Crippen molar-refractivity contribution in [3.05, 3.63) is 12.3 Å². The van der Waals surface area contributed by atoms with Crippen molar-refractivity contribution in [3.8, 4) is 0 Å². The lowest BCUT2D eigenvalue weighted by Gasteiger charge is -2.22. The summed E-state index contributed by atoms with van der Waals surface area (Å²) in [5, 5.41) is 8.44. The number of ether oxygens (including phenoxy) is 3. The first-order valence-corrected chi connectivity index (χ1v) is 6.84. The quantitative estimate of drug-likeness (QED) is 0.109. The molecule has 0 fully saturated rings. The van der Waals surface area contributed by atoms with E-state index in [9.17, 15) is 14.4 Å². The molecule has 0 spiro atoms. The molecule has 23 heavy (non-hydrogen) atoms. The fourth-order valence-electron chi connectivity index (χ4n) is 1.13. The van der Waals surface area contributed by atoms with Crippen molar-refractivity contribution in [2.24, 2.45) is 0 Å².